The zero-order valence-electron chi connectivity index (χ0n) is 18.0. The van der Waals surface area contributed by atoms with Gasteiger partial charge in [0.1, 0.15) is 17.6 Å². The van der Waals surface area contributed by atoms with Crippen LogP contribution in [-0.4, -0.2) is 28.4 Å². The largest absolute Gasteiger partial charge is 0.507 e. The van der Waals surface area contributed by atoms with Crippen LogP contribution in [0.3, 0.4) is 0 Å². The Balaban J connectivity index is 1.62. The second kappa shape index (κ2) is 9.21. The van der Waals surface area contributed by atoms with Gasteiger partial charge in [0, 0.05) is 15.5 Å². The van der Waals surface area contributed by atoms with E-state index in [1.54, 1.807) is 42.5 Å². The first-order chi connectivity index (χ1) is 16.5. The van der Waals surface area contributed by atoms with Crippen LogP contribution in [0.25, 0.3) is 16.0 Å². The van der Waals surface area contributed by atoms with Gasteiger partial charge < -0.3 is 9.84 Å². The van der Waals surface area contributed by atoms with Crippen LogP contribution in [0.2, 0.25) is 5.02 Å². The average Bonchev–Trinajstić information content (AvgIpc) is 3.56. The molecule has 0 saturated carbocycles. The molecule has 1 N–H and O–H groups in total. The van der Waals surface area contributed by atoms with Crippen LogP contribution in [0.1, 0.15) is 29.8 Å². The third kappa shape index (κ3) is 3.98. The van der Waals surface area contributed by atoms with Crippen molar-refractivity contribution in [2.75, 3.05) is 11.5 Å². The number of halogens is 1. The fraction of sp³-hybridized carbons (Fsp3) is 0.160. The van der Waals surface area contributed by atoms with Crippen molar-refractivity contribution < 1.29 is 19.4 Å². The number of rotatable bonds is 6. The van der Waals surface area contributed by atoms with Gasteiger partial charge in [-0.1, -0.05) is 35.9 Å². The molecule has 0 bridgehead atoms. The van der Waals surface area contributed by atoms with E-state index in [0.717, 1.165) is 16.0 Å². The number of thiophene rings is 1. The van der Waals surface area contributed by atoms with Gasteiger partial charge in [-0.25, -0.2) is 4.98 Å². The summed E-state index contributed by atoms with van der Waals surface area (Å²) in [7, 11) is 0. The lowest BCUT2D eigenvalue weighted by atomic mass is 10.00. The van der Waals surface area contributed by atoms with E-state index >= 15 is 0 Å². The number of ketones is 1. The van der Waals surface area contributed by atoms with Gasteiger partial charge in [0.25, 0.3) is 5.78 Å². The van der Waals surface area contributed by atoms with E-state index in [2.05, 4.69) is 4.98 Å². The maximum atomic E-state index is 13.2. The molecule has 34 heavy (non-hydrogen) atoms. The number of carbonyl (C=O) groups is 2. The summed E-state index contributed by atoms with van der Waals surface area (Å²) in [5, 5.41) is 14.0. The fourth-order valence-corrected chi connectivity index (χ4v) is 5.91. The molecule has 2 aromatic carbocycles. The molecule has 0 radical (unpaired) electrons. The number of hydrogen-bond acceptors (Lipinski definition) is 7. The van der Waals surface area contributed by atoms with Gasteiger partial charge in [-0.2, -0.15) is 0 Å². The van der Waals surface area contributed by atoms with Crippen molar-refractivity contribution in [3.63, 3.8) is 0 Å². The minimum Gasteiger partial charge on any atom is -0.507 e. The summed E-state index contributed by atoms with van der Waals surface area (Å²) in [5.41, 5.74) is 1.14. The van der Waals surface area contributed by atoms with Crippen LogP contribution in [0.15, 0.2) is 65.6 Å². The molecule has 1 atom stereocenters. The minimum atomic E-state index is -0.785. The number of Topliss-reactive ketones (excluding diaryl/α,β-unsaturated/α-hetero) is 1. The lowest BCUT2D eigenvalue weighted by molar-refractivity contribution is -0.132. The Labute approximate surface area is 208 Å². The number of hydrogen-bond donors (Lipinski definition) is 1. The summed E-state index contributed by atoms with van der Waals surface area (Å²) in [4.78, 5) is 33.2. The van der Waals surface area contributed by atoms with E-state index in [1.165, 1.54) is 27.6 Å². The van der Waals surface area contributed by atoms with Gasteiger partial charge in [-0.3, -0.25) is 14.5 Å². The highest BCUT2D eigenvalue weighted by Gasteiger charge is 2.48. The van der Waals surface area contributed by atoms with Gasteiger partial charge in [0.15, 0.2) is 5.13 Å². The summed E-state index contributed by atoms with van der Waals surface area (Å²) >= 11 is 8.80. The predicted octanol–water partition coefficient (Wildman–Crippen LogP) is 6.43. The Morgan fingerprint density at radius 3 is 2.68 bits per heavy atom. The van der Waals surface area contributed by atoms with E-state index in [0.29, 0.717) is 33.6 Å². The number of benzene rings is 2. The normalized spacial score (nSPS) is 17.6. The summed E-state index contributed by atoms with van der Waals surface area (Å²) in [5.74, 6) is -1.04. The number of carbonyl (C=O) groups excluding carboxylic acids is 2. The molecule has 4 aromatic rings. The van der Waals surface area contributed by atoms with Crippen LogP contribution >= 0.6 is 34.3 Å². The highest BCUT2D eigenvalue weighted by atomic mass is 35.5. The summed E-state index contributed by atoms with van der Waals surface area (Å²) < 4.78 is 6.41. The molecule has 3 heterocycles. The Morgan fingerprint density at radius 1 is 1.18 bits per heavy atom. The Hall–Kier alpha value is -3.20. The maximum absolute atomic E-state index is 13.2. The van der Waals surface area contributed by atoms with E-state index in [4.69, 9.17) is 16.3 Å². The molecule has 2 aromatic heterocycles. The molecule has 1 aliphatic heterocycles. The zero-order valence-corrected chi connectivity index (χ0v) is 20.4. The van der Waals surface area contributed by atoms with Crippen LogP contribution in [-0.2, 0) is 9.59 Å². The van der Waals surface area contributed by atoms with Crippen molar-refractivity contribution >= 4 is 67.1 Å². The predicted molar refractivity (Wildman–Crippen MR) is 136 cm³/mol. The highest BCUT2D eigenvalue weighted by molar-refractivity contribution is 7.22. The second-order valence-electron chi connectivity index (χ2n) is 7.67. The number of amides is 1. The van der Waals surface area contributed by atoms with Gasteiger partial charge in [0.2, 0.25) is 0 Å². The monoisotopic (exact) mass is 510 g/mol. The third-order valence-electron chi connectivity index (χ3n) is 5.40. The van der Waals surface area contributed by atoms with Crippen molar-refractivity contribution in [2.24, 2.45) is 0 Å². The first-order valence-corrected chi connectivity index (χ1v) is 12.7. The lowest BCUT2D eigenvalue weighted by Crippen LogP contribution is -2.28. The standard InChI is InChI=1S/C25H19ClN2O4S2/c1-2-11-32-16-8-5-14(6-9-16)22(29)20-21(18-4-3-12-33-18)28(24(31)23(20)30)25-27-17-10-7-15(26)13-19(17)34-25/h3-10,12-13,21,29H,2,11H2,1H3/b22-20+. The maximum Gasteiger partial charge on any atom is 0.301 e. The molecule has 9 heteroatoms. The average molecular weight is 511 g/mol. The molecular formula is C25H19ClN2O4S2. The van der Waals surface area contributed by atoms with E-state index in [-0.39, 0.29) is 11.3 Å². The summed E-state index contributed by atoms with van der Waals surface area (Å²) in [6, 6.07) is 15.0. The quantitative estimate of drug-likeness (QED) is 0.184. The first kappa shape index (κ1) is 22.6. The number of thiazole rings is 1. The smallest absolute Gasteiger partial charge is 0.301 e. The van der Waals surface area contributed by atoms with Crippen molar-refractivity contribution in [1.82, 2.24) is 4.98 Å². The van der Waals surface area contributed by atoms with Crippen molar-refractivity contribution in [2.45, 2.75) is 19.4 Å². The Bertz CT molecular complexity index is 1410. The van der Waals surface area contributed by atoms with Crippen molar-refractivity contribution in [3.8, 4) is 5.75 Å². The van der Waals surface area contributed by atoms with Crippen molar-refractivity contribution in [3.05, 3.63) is 81.0 Å². The molecule has 172 valence electrons. The number of ether oxygens (including phenoxy) is 1. The molecule has 1 unspecified atom stereocenters. The third-order valence-corrected chi connectivity index (χ3v) is 7.58. The van der Waals surface area contributed by atoms with Crippen LogP contribution in [0, 0.1) is 0 Å². The number of aliphatic hydroxyl groups excluding tert-OH is 1. The number of anilines is 1. The Kier molecular flexibility index (Phi) is 6.12. The molecule has 5 rings (SSSR count). The zero-order chi connectivity index (χ0) is 23.8. The SMILES string of the molecule is CCCOc1ccc(/C(O)=C2\C(=O)C(=O)N(c3nc4ccc(Cl)cc4s3)C2c2cccs2)cc1. The molecule has 0 spiro atoms. The molecule has 1 aliphatic rings. The Morgan fingerprint density at radius 2 is 1.97 bits per heavy atom. The van der Waals surface area contributed by atoms with Crippen LogP contribution < -0.4 is 9.64 Å². The van der Waals surface area contributed by atoms with Crippen LogP contribution in [0.4, 0.5) is 5.13 Å². The number of aliphatic hydroxyl groups is 1. The van der Waals surface area contributed by atoms with E-state index in [1.807, 2.05) is 24.4 Å². The highest BCUT2D eigenvalue weighted by Crippen LogP contribution is 2.45. The van der Waals surface area contributed by atoms with Gasteiger partial charge in [-0.05, 0) is 60.3 Å². The van der Waals surface area contributed by atoms with Gasteiger partial charge in [0.05, 0.1) is 22.4 Å². The van der Waals surface area contributed by atoms with Gasteiger partial charge in [-0.15, -0.1) is 11.3 Å². The molecule has 0 aliphatic carbocycles. The number of aromatic nitrogens is 1. The van der Waals surface area contributed by atoms with Crippen LogP contribution in [0.5, 0.6) is 5.75 Å². The summed E-state index contributed by atoms with van der Waals surface area (Å²) in [6.45, 7) is 2.60. The lowest BCUT2D eigenvalue weighted by Gasteiger charge is -2.21. The number of fused-ring (bicyclic) bond motifs is 1. The first-order valence-electron chi connectivity index (χ1n) is 10.6. The minimum absolute atomic E-state index is 0.0342. The molecular weight excluding hydrogens is 492 g/mol. The molecule has 1 fully saturated rings. The molecule has 6 nitrogen and oxygen atoms in total. The number of nitrogens with zero attached hydrogens (tertiary/aromatic N) is 2. The van der Waals surface area contributed by atoms with Crippen molar-refractivity contribution in [1.29, 1.82) is 0 Å². The van der Waals surface area contributed by atoms with E-state index in [9.17, 15) is 14.7 Å². The van der Waals surface area contributed by atoms with E-state index < -0.39 is 17.7 Å². The molecule has 1 saturated heterocycles. The second-order valence-corrected chi connectivity index (χ2v) is 10.1. The topological polar surface area (TPSA) is 79.7 Å². The fourth-order valence-electron chi connectivity index (χ4n) is 3.82. The summed E-state index contributed by atoms with van der Waals surface area (Å²) in [6.07, 6.45) is 0.879. The van der Waals surface area contributed by atoms with Gasteiger partial charge >= 0.3 is 5.91 Å². The molecule has 1 amide bonds.